The van der Waals surface area contributed by atoms with Crippen molar-refractivity contribution >= 4 is 11.6 Å². The van der Waals surface area contributed by atoms with Crippen LogP contribution in [0.1, 0.15) is 65.7 Å². The van der Waals surface area contributed by atoms with Gasteiger partial charge in [-0.05, 0) is 67.2 Å². The lowest BCUT2D eigenvalue weighted by Crippen LogP contribution is -2.41. The summed E-state index contributed by atoms with van der Waals surface area (Å²) in [7, 11) is 0. The molecule has 2 rings (SSSR count). The molecule has 1 unspecified atom stereocenters. The Labute approximate surface area is 242 Å². The molecule has 226 valence electrons. The van der Waals surface area contributed by atoms with Crippen LogP contribution in [0.5, 0.6) is 0 Å². The van der Waals surface area contributed by atoms with Gasteiger partial charge < -0.3 is 21.5 Å². The minimum Gasteiger partial charge on any atom is -0.397 e. The number of carbonyl (C=O) groups excluding carboxylic acids is 1. The van der Waals surface area contributed by atoms with Crippen LogP contribution in [0.25, 0.3) is 0 Å². The average Bonchev–Trinajstić information content (AvgIpc) is 3.11. The Morgan fingerprint density at radius 1 is 1.22 bits per heavy atom. The number of halogens is 3. The summed E-state index contributed by atoms with van der Waals surface area (Å²) in [5.41, 5.74) is 16.6. The molecule has 1 aliphatic heterocycles. The summed E-state index contributed by atoms with van der Waals surface area (Å²) in [5, 5.41) is 3.04. The van der Waals surface area contributed by atoms with Crippen LogP contribution in [-0.4, -0.2) is 43.6 Å². The molecule has 5 N–H and O–H groups in total. The van der Waals surface area contributed by atoms with Crippen molar-refractivity contribution in [3.05, 3.63) is 82.8 Å². The average molecular weight is 575 g/mol. The Morgan fingerprint density at radius 2 is 1.98 bits per heavy atom. The monoisotopic (exact) mass is 574 g/mol. The molecule has 6 nitrogen and oxygen atoms in total. The Hall–Kier alpha value is -3.33. The quantitative estimate of drug-likeness (QED) is 0.219. The first kappa shape index (κ1) is 33.9. The van der Waals surface area contributed by atoms with E-state index in [2.05, 4.69) is 36.8 Å². The molecule has 0 aromatic heterocycles. The van der Waals surface area contributed by atoms with E-state index in [1.165, 1.54) is 0 Å². The van der Waals surface area contributed by atoms with Crippen molar-refractivity contribution in [3.63, 3.8) is 0 Å². The summed E-state index contributed by atoms with van der Waals surface area (Å²) >= 11 is 0. The number of carbonyl (C=O) groups is 1. The number of amides is 1. The second-order valence-corrected chi connectivity index (χ2v) is 10.4. The predicted molar refractivity (Wildman–Crippen MR) is 161 cm³/mol. The fourth-order valence-electron chi connectivity index (χ4n) is 4.60. The number of allylic oxidation sites excluding steroid dienone is 7. The van der Waals surface area contributed by atoms with Crippen molar-refractivity contribution in [3.8, 4) is 0 Å². The molecule has 1 amide bonds. The van der Waals surface area contributed by atoms with Crippen molar-refractivity contribution in [1.82, 2.24) is 5.32 Å². The Morgan fingerprint density at radius 3 is 2.63 bits per heavy atom. The van der Waals surface area contributed by atoms with E-state index in [9.17, 15) is 18.0 Å². The first-order chi connectivity index (χ1) is 19.5. The minimum absolute atomic E-state index is 0.0957. The fourth-order valence-corrected chi connectivity index (χ4v) is 4.60. The molecule has 2 aliphatic rings. The lowest BCUT2D eigenvalue weighted by molar-refractivity contribution is -0.171. The number of alkyl halides is 3. The SMILES string of the molecule is C=C/C(=C\C=C(/C)C(N)=C(N)C1=NCC[C@H](C2=CC(CCC)C/C=C(\COCC(F)(F)F)C=C2)NC1=O)CCCC. The van der Waals surface area contributed by atoms with Gasteiger partial charge in [0.25, 0.3) is 5.91 Å². The van der Waals surface area contributed by atoms with Gasteiger partial charge in [-0.2, -0.15) is 13.2 Å². The largest absolute Gasteiger partial charge is 0.411 e. The number of hydrogen-bond donors (Lipinski definition) is 3. The van der Waals surface area contributed by atoms with Gasteiger partial charge in [0.2, 0.25) is 0 Å². The summed E-state index contributed by atoms with van der Waals surface area (Å²) in [5.74, 6) is -0.240. The molecule has 0 aromatic carbocycles. The second kappa shape index (κ2) is 16.8. The maximum atomic E-state index is 13.3. The standard InChI is InChI=1S/C32H45F3N4O2/c1-5-8-10-23(7-3)12-11-22(4)28(36)29(37)30-31(40)39-27(17-18-38-30)26-16-15-25(20-41-21-32(33,34)35)14-13-24(19-26)9-6-2/h7,11-12,14-16,19,24,27H,3,5-6,8-10,13,17-18,20-21,36-37H2,1-2,4H3,(H,39,40)/b16-15?,22-11+,23-12+,25-14-,26-19?,29-28?/t24?,27-/m1/s1. The smallest absolute Gasteiger partial charge is 0.397 e. The summed E-state index contributed by atoms with van der Waals surface area (Å²) in [6.07, 6.45) is 15.1. The number of nitrogens with zero attached hydrogens (tertiary/aromatic N) is 1. The molecule has 41 heavy (non-hydrogen) atoms. The highest BCUT2D eigenvalue weighted by Gasteiger charge is 2.28. The first-order valence-electron chi connectivity index (χ1n) is 14.3. The number of nitrogens with two attached hydrogens (primary N) is 2. The van der Waals surface area contributed by atoms with E-state index in [1.807, 2.05) is 37.3 Å². The molecular formula is C32H45F3N4O2. The van der Waals surface area contributed by atoms with Gasteiger partial charge in [-0.3, -0.25) is 9.79 Å². The van der Waals surface area contributed by atoms with Crippen LogP contribution in [-0.2, 0) is 9.53 Å². The van der Waals surface area contributed by atoms with Crippen LogP contribution in [0.2, 0.25) is 0 Å². The van der Waals surface area contributed by atoms with Crippen molar-refractivity contribution < 1.29 is 22.7 Å². The zero-order valence-corrected chi connectivity index (χ0v) is 24.5. The van der Waals surface area contributed by atoms with Crippen LogP contribution < -0.4 is 16.8 Å². The fraction of sp³-hybridized carbons (Fsp3) is 0.500. The van der Waals surface area contributed by atoms with Crippen LogP contribution >= 0.6 is 0 Å². The molecule has 0 saturated heterocycles. The van der Waals surface area contributed by atoms with Gasteiger partial charge in [-0.15, -0.1) is 0 Å². The number of nitrogens with one attached hydrogen (secondary N) is 1. The predicted octanol–water partition coefficient (Wildman–Crippen LogP) is 6.50. The van der Waals surface area contributed by atoms with E-state index >= 15 is 0 Å². The highest BCUT2D eigenvalue weighted by molar-refractivity contribution is 6.45. The third-order valence-corrected chi connectivity index (χ3v) is 7.00. The van der Waals surface area contributed by atoms with Crippen molar-refractivity contribution in [2.24, 2.45) is 22.4 Å². The van der Waals surface area contributed by atoms with Crippen molar-refractivity contribution in [2.45, 2.75) is 77.9 Å². The maximum Gasteiger partial charge on any atom is 0.411 e. The molecule has 0 saturated carbocycles. The number of aliphatic imine (C=N–C) groups is 1. The minimum atomic E-state index is -4.38. The van der Waals surface area contributed by atoms with Crippen LogP contribution in [0, 0.1) is 5.92 Å². The third-order valence-electron chi connectivity index (χ3n) is 7.00. The molecule has 0 aromatic rings. The van der Waals surface area contributed by atoms with E-state index in [1.54, 1.807) is 6.08 Å². The molecule has 0 spiro atoms. The molecule has 0 radical (unpaired) electrons. The number of ether oxygens (including phenoxy) is 1. The Kier molecular flexibility index (Phi) is 13.9. The highest BCUT2D eigenvalue weighted by atomic mass is 19.4. The van der Waals surface area contributed by atoms with Gasteiger partial charge in [0.1, 0.15) is 12.3 Å². The molecule has 9 heteroatoms. The van der Waals surface area contributed by atoms with E-state index in [0.29, 0.717) is 25.0 Å². The van der Waals surface area contributed by atoms with Crippen LogP contribution in [0.4, 0.5) is 13.2 Å². The summed E-state index contributed by atoms with van der Waals surface area (Å²) < 4.78 is 42.5. The molecule has 2 atom stereocenters. The molecule has 1 aliphatic carbocycles. The van der Waals surface area contributed by atoms with Gasteiger partial charge in [-0.25, -0.2) is 0 Å². The van der Waals surface area contributed by atoms with E-state index in [0.717, 1.165) is 48.8 Å². The number of rotatable bonds is 13. The van der Waals surface area contributed by atoms with Gasteiger partial charge in [-0.1, -0.05) is 75.8 Å². The molecule has 0 bridgehead atoms. The zero-order valence-electron chi connectivity index (χ0n) is 24.5. The Balaban J connectivity index is 2.22. The normalized spacial score (nSPS) is 22.8. The highest BCUT2D eigenvalue weighted by Crippen LogP contribution is 2.25. The van der Waals surface area contributed by atoms with E-state index < -0.39 is 18.7 Å². The van der Waals surface area contributed by atoms with Gasteiger partial charge in [0.15, 0.2) is 0 Å². The van der Waals surface area contributed by atoms with Crippen LogP contribution in [0.15, 0.2) is 87.8 Å². The maximum absolute atomic E-state index is 13.3. The van der Waals surface area contributed by atoms with Gasteiger partial charge in [0.05, 0.1) is 24.0 Å². The van der Waals surface area contributed by atoms with E-state index in [-0.39, 0.29) is 35.7 Å². The molecule has 1 heterocycles. The number of hydrogen-bond acceptors (Lipinski definition) is 5. The van der Waals surface area contributed by atoms with Gasteiger partial charge >= 0.3 is 6.18 Å². The van der Waals surface area contributed by atoms with Crippen molar-refractivity contribution in [1.29, 1.82) is 0 Å². The summed E-state index contributed by atoms with van der Waals surface area (Å²) in [4.78, 5) is 17.8. The van der Waals surface area contributed by atoms with Crippen LogP contribution in [0.3, 0.4) is 0 Å². The lowest BCUT2D eigenvalue weighted by atomic mass is 9.90. The van der Waals surface area contributed by atoms with E-state index in [4.69, 9.17) is 16.2 Å². The topological polar surface area (TPSA) is 103 Å². The van der Waals surface area contributed by atoms with Gasteiger partial charge in [0, 0.05) is 6.54 Å². The zero-order chi connectivity index (χ0) is 30.4. The Bertz CT molecular complexity index is 1140. The summed E-state index contributed by atoms with van der Waals surface area (Å²) in [6.45, 7) is 8.84. The molecular weight excluding hydrogens is 529 g/mol. The van der Waals surface area contributed by atoms with Crippen molar-refractivity contribution in [2.75, 3.05) is 19.8 Å². The second-order valence-electron chi connectivity index (χ2n) is 10.4. The summed E-state index contributed by atoms with van der Waals surface area (Å²) in [6, 6.07) is -0.336. The molecule has 0 fully saturated rings. The first-order valence-corrected chi connectivity index (χ1v) is 14.3. The number of unbranched alkanes of at least 4 members (excludes halogenated alkanes) is 1. The third kappa shape index (κ3) is 11.6. The lowest BCUT2D eigenvalue weighted by Gasteiger charge is -2.22.